The van der Waals surface area contributed by atoms with E-state index in [4.69, 9.17) is 5.73 Å². The molecule has 2 nitrogen and oxygen atoms in total. The van der Waals surface area contributed by atoms with E-state index in [1.807, 2.05) is 12.3 Å². The highest BCUT2D eigenvalue weighted by atomic mass is 32.2. The molecule has 3 N–H and O–H groups in total. The molecule has 0 radical (unpaired) electrons. The summed E-state index contributed by atoms with van der Waals surface area (Å²) in [5.41, 5.74) is 5.34. The number of thioether (sulfide) groups is 1. The Hall–Kier alpha value is -1.82. The van der Waals surface area contributed by atoms with Crippen LogP contribution in [-0.4, -0.2) is 6.26 Å². The van der Waals surface area contributed by atoms with Gasteiger partial charge in [-0.3, -0.25) is 0 Å². The van der Waals surface area contributed by atoms with Crippen molar-refractivity contribution in [2.75, 3.05) is 17.3 Å². The lowest BCUT2D eigenvalue weighted by Crippen LogP contribution is -2.09. The Morgan fingerprint density at radius 1 is 1.10 bits per heavy atom. The molecule has 0 unspecified atom stereocenters. The van der Waals surface area contributed by atoms with Crippen LogP contribution in [-0.2, 0) is 6.18 Å². The summed E-state index contributed by atoms with van der Waals surface area (Å²) in [6.07, 6.45) is -2.54. The first-order valence-electron chi connectivity index (χ1n) is 5.78. The molecule has 0 spiro atoms. The van der Waals surface area contributed by atoms with E-state index in [9.17, 15) is 13.2 Å². The molecule has 0 aliphatic rings. The molecule has 6 heteroatoms. The van der Waals surface area contributed by atoms with Crippen molar-refractivity contribution in [2.24, 2.45) is 0 Å². The maximum atomic E-state index is 13.0. The Kier molecular flexibility index (Phi) is 4.13. The molecule has 0 saturated carbocycles. The van der Waals surface area contributed by atoms with Crippen molar-refractivity contribution in [3.8, 4) is 0 Å². The maximum Gasteiger partial charge on any atom is 0.418 e. The van der Waals surface area contributed by atoms with Gasteiger partial charge in [-0.05, 0) is 42.7 Å². The average Bonchev–Trinajstić information content (AvgIpc) is 2.40. The lowest BCUT2D eigenvalue weighted by molar-refractivity contribution is -0.136. The van der Waals surface area contributed by atoms with E-state index in [0.29, 0.717) is 5.69 Å². The van der Waals surface area contributed by atoms with E-state index in [0.717, 1.165) is 11.0 Å². The summed E-state index contributed by atoms with van der Waals surface area (Å²) >= 11 is 1.52. The Labute approximate surface area is 119 Å². The number of halogens is 3. The van der Waals surface area contributed by atoms with E-state index in [2.05, 4.69) is 5.32 Å². The third-order valence-electron chi connectivity index (χ3n) is 2.70. The van der Waals surface area contributed by atoms with Gasteiger partial charge in [-0.15, -0.1) is 11.8 Å². The van der Waals surface area contributed by atoms with E-state index in [1.54, 1.807) is 18.2 Å². The number of anilines is 3. The third-order valence-corrected chi connectivity index (χ3v) is 3.42. The molecule has 2 aromatic rings. The van der Waals surface area contributed by atoms with Gasteiger partial charge in [0.2, 0.25) is 0 Å². The SMILES string of the molecule is CSc1cccc(Nc2ccc(N)cc2C(F)(F)F)c1. The molecular formula is C14H13F3N2S. The predicted molar refractivity (Wildman–Crippen MR) is 77.4 cm³/mol. The zero-order valence-electron chi connectivity index (χ0n) is 10.7. The first-order valence-corrected chi connectivity index (χ1v) is 7.00. The van der Waals surface area contributed by atoms with Crippen molar-refractivity contribution < 1.29 is 13.2 Å². The summed E-state index contributed by atoms with van der Waals surface area (Å²) < 4.78 is 38.9. The van der Waals surface area contributed by atoms with E-state index in [-0.39, 0.29) is 11.4 Å². The van der Waals surface area contributed by atoms with Gasteiger partial charge in [0, 0.05) is 16.3 Å². The molecule has 0 aliphatic carbocycles. The lowest BCUT2D eigenvalue weighted by Gasteiger charge is -2.15. The molecule has 0 fully saturated rings. The van der Waals surface area contributed by atoms with Crippen molar-refractivity contribution in [3.05, 3.63) is 48.0 Å². The molecule has 0 atom stereocenters. The Morgan fingerprint density at radius 2 is 1.85 bits per heavy atom. The smallest absolute Gasteiger partial charge is 0.399 e. The second-order valence-electron chi connectivity index (χ2n) is 4.16. The fraction of sp³-hybridized carbons (Fsp3) is 0.143. The van der Waals surface area contributed by atoms with Crippen LogP contribution in [0, 0.1) is 0 Å². The molecule has 0 aliphatic heterocycles. The van der Waals surface area contributed by atoms with Gasteiger partial charge >= 0.3 is 6.18 Å². The third kappa shape index (κ3) is 3.39. The minimum atomic E-state index is -4.45. The average molecular weight is 298 g/mol. The number of benzene rings is 2. The first-order chi connectivity index (χ1) is 9.40. The number of hydrogen-bond donors (Lipinski definition) is 2. The molecule has 0 heterocycles. The number of nitrogens with one attached hydrogen (secondary N) is 1. The van der Waals surface area contributed by atoms with E-state index >= 15 is 0 Å². The highest BCUT2D eigenvalue weighted by molar-refractivity contribution is 7.98. The molecule has 106 valence electrons. The fourth-order valence-electron chi connectivity index (χ4n) is 1.76. The molecule has 2 aromatic carbocycles. The molecule has 0 aromatic heterocycles. The van der Waals surface area contributed by atoms with Crippen molar-refractivity contribution >= 4 is 28.8 Å². The van der Waals surface area contributed by atoms with Gasteiger partial charge in [0.25, 0.3) is 0 Å². The van der Waals surface area contributed by atoms with Crippen molar-refractivity contribution in [2.45, 2.75) is 11.1 Å². The van der Waals surface area contributed by atoms with Gasteiger partial charge in [0.1, 0.15) is 0 Å². The normalized spacial score (nSPS) is 11.4. The number of nitrogens with two attached hydrogens (primary N) is 1. The van der Waals surface area contributed by atoms with Crippen LogP contribution in [0.3, 0.4) is 0 Å². The number of rotatable bonds is 3. The highest BCUT2D eigenvalue weighted by Gasteiger charge is 2.33. The lowest BCUT2D eigenvalue weighted by atomic mass is 10.1. The van der Waals surface area contributed by atoms with Gasteiger partial charge in [0.05, 0.1) is 11.3 Å². The van der Waals surface area contributed by atoms with Crippen LogP contribution in [0.1, 0.15) is 5.56 Å². The molecule has 20 heavy (non-hydrogen) atoms. The largest absolute Gasteiger partial charge is 0.418 e. The van der Waals surface area contributed by atoms with E-state index < -0.39 is 11.7 Å². The molecule has 2 rings (SSSR count). The summed E-state index contributed by atoms with van der Waals surface area (Å²) in [7, 11) is 0. The van der Waals surface area contributed by atoms with Crippen molar-refractivity contribution in [1.82, 2.24) is 0 Å². The summed E-state index contributed by atoms with van der Waals surface area (Å²) in [6.45, 7) is 0. The topological polar surface area (TPSA) is 38.0 Å². The maximum absolute atomic E-state index is 13.0. The molecule has 0 amide bonds. The van der Waals surface area contributed by atoms with Gasteiger partial charge in [-0.25, -0.2) is 0 Å². The second-order valence-corrected chi connectivity index (χ2v) is 5.04. The summed E-state index contributed by atoms with van der Waals surface area (Å²) in [6, 6.07) is 10.9. The second kappa shape index (κ2) is 5.66. The van der Waals surface area contributed by atoms with Crippen LogP contribution in [0.25, 0.3) is 0 Å². The van der Waals surface area contributed by atoms with Gasteiger partial charge < -0.3 is 11.1 Å². The minimum absolute atomic E-state index is 0.00930. The van der Waals surface area contributed by atoms with Crippen molar-refractivity contribution in [3.63, 3.8) is 0 Å². The van der Waals surface area contributed by atoms with Crippen molar-refractivity contribution in [1.29, 1.82) is 0 Å². The molecule has 0 saturated heterocycles. The zero-order chi connectivity index (χ0) is 14.8. The Balaban J connectivity index is 2.38. The first kappa shape index (κ1) is 14.6. The number of alkyl halides is 3. The van der Waals surface area contributed by atoms with Gasteiger partial charge in [0.15, 0.2) is 0 Å². The summed E-state index contributed by atoms with van der Waals surface area (Å²) in [5.74, 6) is 0. The quantitative estimate of drug-likeness (QED) is 0.634. The summed E-state index contributed by atoms with van der Waals surface area (Å²) in [5, 5.41) is 2.79. The van der Waals surface area contributed by atoms with Crippen LogP contribution in [0.15, 0.2) is 47.4 Å². The Morgan fingerprint density at radius 3 is 2.50 bits per heavy atom. The van der Waals surface area contributed by atoms with Gasteiger partial charge in [-0.1, -0.05) is 6.07 Å². The highest BCUT2D eigenvalue weighted by Crippen LogP contribution is 2.37. The standard InChI is InChI=1S/C14H13F3N2S/c1-20-11-4-2-3-10(8-11)19-13-6-5-9(18)7-12(13)14(15,16)17/h2-8,19H,18H2,1H3. The predicted octanol–water partition coefficient (Wildman–Crippen LogP) is 4.75. The summed E-state index contributed by atoms with van der Waals surface area (Å²) in [4.78, 5) is 0.971. The van der Waals surface area contributed by atoms with Gasteiger partial charge in [-0.2, -0.15) is 13.2 Å². The van der Waals surface area contributed by atoms with Crippen LogP contribution in [0.4, 0.5) is 30.2 Å². The monoisotopic (exact) mass is 298 g/mol. The van der Waals surface area contributed by atoms with Crippen LogP contribution < -0.4 is 11.1 Å². The fourth-order valence-corrected chi connectivity index (χ4v) is 2.22. The van der Waals surface area contributed by atoms with Crippen LogP contribution in [0.2, 0.25) is 0 Å². The zero-order valence-corrected chi connectivity index (χ0v) is 11.5. The minimum Gasteiger partial charge on any atom is -0.399 e. The number of nitrogen functional groups attached to an aromatic ring is 1. The number of hydrogen-bond acceptors (Lipinski definition) is 3. The molecule has 0 bridgehead atoms. The molecular weight excluding hydrogens is 285 g/mol. The Bertz CT molecular complexity index is 612. The van der Waals surface area contributed by atoms with E-state index in [1.165, 1.54) is 23.9 Å². The van der Waals surface area contributed by atoms with Crippen LogP contribution in [0.5, 0.6) is 0 Å². The van der Waals surface area contributed by atoms with Crippen LogP contribution >= 0.6 is 11.8 Å².